The maximum absolute atomic E-state index is 9.92. The summed E-state index contributed by atoms with van der Waals surface area (Å²) in [6.07, 6.45) is 0.405. The lowest BCUT2D eigenvalue weighted by atomic mass is 10.3. The van der Waals surface area contributed by atoms with Crippen molar-refractivity contribution in [2.45, 2.75) is 19.4 Å². The van der Waals surface area contributed by atoms with Gasteiger partial charge in [-0.2, -0.15) is 0 Å². The van der Waals surface area contributed by atoms with Crippen molar-refractivity contribution in [3.05, 3.63) is 24.3 Å². The molecule has 0 aliphatic rings. The third kappa shape index (κ3) is 6.42. The van der Waals surface area contributed by atoms with Crippen molar-refractivity contribution in [1.29, 1.82) is 0 Å². The second-order valence-electron chi connectivity index (χ2n) is 4.56. The highest BCUT2D eigenvalue weighted by Crippen LogP contribution is 2.14. The molecule has 0 radical (unpaired) electrons. The van der Waals surface area contributed by atoms with E-state index in [-0.39, 0.29) is 13.2 Å². The molecule has 1 aromatic carbocycles. The SMILES string of the molecule is CCCN(CCO)CC(O)COc1cccc(N)c1. The van der Waals surface area contributed by atoms with Gasteiger partial charge in [0.1, 0.15) is 18.5 Å². The van der Waals surface area contributed by atoms with Crippen LogP contribution in [0.2, 0.25) is 0 Å². The van der Waals surface area contributed by atoms with Gasteiger partial charge in [0.25, 0.3) is 0 Å². The molecule has 0 aliphatic heterocycles. The van der Waals surface area contributed by atoms with E-state index < -0.39 is 6.10 Å². The van der Waals surface area contributed by atoms with Gasteiger partial charge in [-0.25, -0.2) is 0 Å². The van der Waals surface area contributed by atoms with Gasteiger partial charge >= 0.3 is 0 Å². The van der Waals surface area contributed by atoms with Crippen LogP contribution in [-0.4, -0.2) is 54.1 Å². The molecule has 1 unspecified atom stereocenters. The average Bonchev–Trinajstić information content (AvgIpc) is 2.37. The summed E-state index contributed by atoms with van der Waals surface area (Å²) in [5.41, 5.74) is 6.29. The summed E-state index contributed by atoms with van der Waals surface area (Å²) < 4.78 is 5.49. The molecule has 0 amide bonds. The number of ether oxygens (including phenoxy) is 1. The third-order valence-corrected chi connectivity index (χ3v) is 2.73. The number of aliphatic hydroxyl groups is 2. The Kier molecular flexibility index (Phi) is 7.25. The Bertz CT molecular complexity index is 354. The van der Waals surface area contributed by atoms with Crippen LogP contribution < -0.4 is 10.5 Å². The van der Waals surface area contributed by atoms with Crippen LogP contribution >= 0.6 is 0 Å². The average molecular weight is 268 g/mol. The van der Waals surface area contributed by atoms with E-state index in [1.54, 1.807) is 18.2 Å². The zero-order chi connectivity index (χ0) is 14.1. The van der Waals surface area contributed by atoms with E-state index in [4.69, 9.17) is 15.6 Å². The van der Waals surface area contributed by atoms with Crippen LogP contribution in [0.3, 0.4) is 0 Å². The summed E-state index contributed by atoms with van der Waals surface area (Å²) >= 11 is 0. The van der Waals surface area contributed by atoms with Crippen LogP contribution in [0.5, 0.6) is 5.75 Å². The second-order valence-corrected chi connectivity index (χ2v) is 4.56. The first kappa shape index (κ1) is 15.8. The number of hydrogen-bond acceptors (Lipinski definition) is 5. The summed E-state index contributed by atoms with van der Waals surface area (Å²) in [6.45, 7) is 4.31. The molecule has 4 N–H and O–H groups in total. The first-order valence-corrected chi connectivity index (χ1v) is 6.65. The Morgan fingerprint density at radius 2 is 2.16 bits per heavy atom. The lowest BCUT2D eigenvalue weighted by Gasteiger charge is -2.23. The maximum Gasteiger partial charge on any atom is 0.121 e. The molecule has 1 atom stereocenters. The molecular formula is C14H24N2O3. The Morgan fingerprint density at radius 1 is 1.37 bits per heavy atom. The van der Waals surface area contributed by atoms with Gasteiger partial charge in [0.15, 0.2) is 0 Å². The molecule has 0 fully saturated rings. The van der Waals surface area contributed by atoms with Crippen LogP contribution in [-0.2, 0) is 0 Å². The molecule has 19 heavy (non-hydrogen) atoms. The van der Waals surface area contributed by atoms with Crippen molar-refractivity contribution < 1.29 is 14.9 Å². The number of benzene rings is 1. The number of hydrogen-bond donors (Lipinski definition) is 3. The van der Waals surface area contributed by atoms with Crippen molar-refractivity contribution >= 4 is 5.69 Å². The van der Waals surface area contributed by atoms with Gasteiger partial charge in [0.2, 0.25) is 0 Å². The fourth-order valence-corrected chi connectivity index (χ4v) is 1.90. The summed E-state index contributed by atoms with van der Waals surface area (Å²) in [5, 5.41) is 18.9. The zero-order valence-electron chi connectivity index (χ0n) is 11.5. The molecule has 0 aromatic heterocycles. The van der Waals surface area contributed by atoms with Gasteiger partial charge in [-0.05, 0) is 25.1 Å². The van der Waals surface area contributed by atoms with Gasteiger partial charge in [0.05, 0.1) is 6.61 Å². The summed E-state index contributed by atoms with van der Waals surface area (Å²) in [5.74, 6) is 0.656. The zero-order valence-corrected chi connectivity index (χ0v) is 11.5. The Morgan fingerprint density at radius 3 is 2.79 bits per heavy atom. The Labute approximate surface area is 114 Å². The lowest BCUT2D eigenvalue weighted by molar-refractivity contribution is 0.0619. The largest absolute Gasteiger partial charge is 0.491 e. The minimum atomic E-state index is -0.584. The smallest absolute Gasteiger partial charge is 0.121 e. The molecule has 5 heteroatoms. The van der Waals surface area contributed by atoms with Gasteiger partial charge in [-0.3, -0.25) is 4.90 Å². The van der Waals surface area contributed by atoms with E-state index in [9.17, 15) is 5.11 Å². The van der Waals surface area contributed by atoms with Gasteiger partial charge < -0.3 is 20.7 Å². The van der Waals surface area contributed by atoms with Crippen LogP contribution in [0.4, 0.5) is 5.69 Å². The highest BCUT2D eigenvalue weighted by Gasteiger charge is 2.11. The number of nitrogen functional groups attached to an aromatic ring is 1. The monoisotopic (exact) mass is 268 g/mol. The first-order chi connectivity index (χ1) is 9.15. The standard InChI is InChI=1S/C14H24N2O3/c1-2-6-16(7-8-17)10-13(18)11-19-14-5-3-4-12(15)9-14/h3-5,9,13,17-18H,2,6-8,10-11,15H2,1H3. The third-order valence-electron chi connectivity index (χ3n) is 2.73. The molecule has 0 aliphatic carbocycles. The molecule has 5 nitrogen and oxygen atoms in total. The summed E-state index contributed by atoms with van der Waals surface area (Å²) in [7, 11) is 0. The second kappa shape index (κ2) is 8.74. The molecule has 0 heterocycles. The number of anilines is 1. The summed E-state index contributed by atoms with van der Waals surface area (Å²) in [4.78, 5) is 2.02. The number of nitrogens with zero attached hydrogens (tertiary/aromatic N) is 1. The molecule has 0 saturated carbocycles. The quantitative estimate of drug-likeness (QED) is 0.575. The van der Waals surface area contributed by atoms with Gasteiger partial charge in [-0.15, -0.1) is 0 Å². The van der Waals surface area contributed by atoms with E-state index in [1.807, 2.05) is 11.0 Å². The number of nitrogens with two attached hydrogens (primary N) is 1. The van der Waals surface area contributed by atoms with Crippen molar-refractivity contribution in [3.8, 4) is 5.75 Å². The highest BCUT2D eigenvalue weighted by molar-refractivity contribution is 5.43. The van der Waals surface area contributed by atoms with Crippen molar-refractivity contribution in [1.82, 2.24) is 4.90 Å². The minimum Gasteiger partial charge on any atom is -0.491 e. The molecule has 1 rings (SSSR count). The maximum atomic E-state index is 9.92. The number of aliphatic hydroxyl groups excluding tert-OH is 2. The molecular weight excluding hydrogens is 244 g/mol. The Hall–Kier alpha value is -1.30. The van der Waals surface area contributed by atoms with Crippen molar-refractivity contribution in [3.63, 3.8) is 0 Å². The predicted octanol–water partition coefficient (Wildman–Crippen LogP) is 0.713. The predicted molar refractivity (Wildman–Crippen MR) is 76.2 cm³/mol. The highest BCUT2D eigenvalue weighted by atomic mass is 16.5. The van der Waals surface area contributed by atoms with E-state index >= 15 is 0 Å². The fourth-order valence-electron chi connectivity index (χ4n) is 1.90. The van der Waals surface area contributed by atoms with Crippen LogP contribution in [0.25, 0.3) is 0 Å². The minimum absolute atomic E-state index is 0.1000. The van der Waals surface area contributed by atoms with E-state index in [1.165, 1.54) is 0 Å². The van der Waals surface area contributed by atoms with Crippen molar-refractivity contribution in [2.75, 3.05) is 38.6 Å². The fraction of sp³-hybridized carbons (Fsp3) is 0.571. The van der Waals surface area contributed by atoms with Crippen LogP contribution in [0, 0.1) is 0 Å². The normalized spacial score (nSPS) is 12.6. The molecule has 0 saturated heterocycles. The molecule has 1 aromatic rings. The van der Waals surface area contributed by atoms with E-state index in [0.717, 1.165) is 13.0 Å². The van der Waals surface area contributed by atoms with E-state index in [0.29, 0.717) is 24.5 Å². The molecule has 0 spiro atoms. The van der Waals surface area contributed by atoms with Gasteiger partial charge in [0, 0.05) is 24.8 Å². The molecule has 0 bridgehead atoms. The molecule has 108 valence electrons. The van der Waals surface area contributed by atoms with E-state index in [2.05, 4.69) is 6.92 Å². The topological polar surface area (TPSA) is 79.0 Å². The van der Waals surface area contributed by atoms with Crippen LogP contribution in [0.15, 0.2) is 24.3 Å². The summed E-state index contributed by atoms with van der Waals surface area (Å²) in [6, 6.07) is 7.13. The van der Waals surface area contributed by atoms with Crippen LogP contribution in [0.1, 0.15) is 13.3 Å². The number of rotatable bonds is 9. The van der Waals surface area contributed by atoms with Crippen molar-refractivity contribution in [2.24, 2.45) is 0 Å². The first-order valence-electron chi connectivity index (χ1n) is 6.65. The lowest BCUT2D eigenvalue weighted by Crippen LogP contribution is -2.37. The van der Waals surface area contributed by atoms with Gasteiger partial charge in [-0.1, -0.05) is 13.0 Å². The Balaban J connectivity index is 2.35.